The molecule has 0 bridgehead atoms. The van der Waals surface area contributed by atoms with Gasteiger partial charge in [-0.25, -0.2) is 4.79 Å². The van der Waals surface area contributed by atoms with Crippen molar-refractivity contribution in [2.45, 2.75) is 33.3 Å². The summed E-state index contributed by atoms with van der Waals surface area (Å²) < 4.78 is 9.99. The lowest BCUT2D eigenvalue weighted by Gasteiger charge is -2.08. The molecular formula is C17H26O3. The third-order valence-corrected chi connectivity index (χ3v) is 2.83. The van der Waals surface area contributed by atoms with Crippen LogP contribution in [0.25, 0.3) is 0 Å². The van der Waals surface area contributed by atoms with Crippen molar-refractivity contribution in [2.75, 3.05) is 14.2 Å². The summed E-state index contributed by atoms with van der Waals surface area (Å²) in [7, 11) is 3.07. The van der Waals surface area contributed by atoms with Gasteiger partial charge in [0, 0.05) is 12.7 Å². The van der Waals surface area contributed by atoms with E-state index in [1.54, 1.807) is 14.0 Å². The highest BCUT2D eigenvalue weighted by Crippen LogP contribution is 2.10. The van der Waals surface area contributed by atoms with Crippen LogP contribution >= 0.6 is 0 Å². The van der Waals surface area contributed by atoms with E-state index in [1.807, 2.05) is 38.2 Å². The molecule has 2 atom stereocenters. The Morgan fingerprint density at radius 1 is 1.25 bits per heavy atom. The van der Waals surface area contributed by atoms with E-state index in [0.717, 1.165) is 12.0 Å². The smallest absolute Gasteiger partial charge is 0.333 e. The number of esters is 1. The average Bonchev–Trinajstić information content (AvgIpc) is 2.43. The second-order valence-electron chi connectivity index (χ2n) is 4.77. The topological polar surface area (TPSA) is 35.5 Å². The van der Waals surface area contributed by atoms with Crippen molar-refractivity contribution in [1.82, 2.24) is 0 Å². The van der Waals surface area contributed by atoms with Crippen molar-refractivity contribution in [2.24, 2.45) is 5.92 Å². The van der Waals surface area contributed by atoms with E-state index in [2.05, 4.69) is 17.4 Å². The first-order chi connectivity index (χ1) is 9.44. The molecule has 0 aliphatic rings. The van der Waals surface area contributed by atoms with Crippen LogP contribution in [0.5, 0.6) is 0 Å². The Balaban J connectivity index is 4.65. The van der Waals surface area contributed by atoms with E-state index in [1.165, 1.54) is 7.11 Å². The van der Waals surface area contributed by atoms with Crippen LogP contribution in [0.15, 0.2) is 48.1 Å². The third kappa shape index (κ3) is 7.74. The molecule has 0 aromatic carbocycles. The quantitative estimate of drug-likeness (QED) is 0.293. The van der Waals surface area contributed by atoms with Crippen molar-refractivity contribution in [3.63, 3.8) is 0 Å². The highest BCUT2D eigenvalue weighted by molar-refractivity contribution is 5.87. The molecule has 0 aliphatic carbocycles. The largest absolute Gasteiger partial charge is 0.466 e. The maximum Gasteiger partial charge on any atom is 0.333 e. The number of rotatable bonds is 8. The molecule has 0 spiro atoms. The van der Waals surface area contributed by atoms with Gasteiger partial charge in [-0.05, 0) is 26.2 Å². The Morgan fingerprint density at radius 2 is 1.90 bits per heavy atom. The van der Waals surface area contributed by atoms with E-state index in [9.17, 15) is 4.79 Å². The fraction of sp³-hybridized carbons (Fsp3) is 0.471. The summed E-state index contributed by atoms with van der Waals surface area (Å²) in [6.45, 7) is 9.51. The first kappa shape index (κ1) is 18.4. The fourth-order valence-corrected chi connectivity index (χ4v) is 1.73. The van der Waals surface area contributed by atoms with Gasteiger partial charge in [-0.2, -0.15) is 0 Å². The van der Waals surface area contributed by atoms with Gasteiger partial charge in [0.05, 0.1) is 13.2 Å². The van der Waals surface area contributed by atoms with Gasteiger partial charge in [0.2, 0.25) is 0 Å². The molecule has 0 unspecified atom stereocenters. The van der Waals surface area contributed by atoms with Crippen molar-refractivity contribution < 1.29 is 14.3 Å². The Morgan fingerprint density at radius 3 is 2.40 bits per heavy atom. The van der Waals surface area contributed by atoms with Gasteiger partial charge in [0.15, 0.2) is 0 Å². The zero-order chi connectivity index (χ0) is 15.5. The predicted octanol–water partition coefficient (Wildman–Crippen LogP) is 3.84. The number of carbonyl (C=O) groups excluding carboxylic acids is 1. The lowest BCUT2D eigenvalue weighted by molar-refractivity contribution is -0.136. The molecule has 112 valence electrons. The summed E-state index contributed by atoms with van der Waals surface area (Å²) >= 11 is 0. The zero-order valence-electron chi connectivity index (χ0n) is 13.2. The number of methoxy groups -OCH3 is 2. The number of hydrogen-bond donors (Lipinski definition) is 0. The van der Waals surface area contributed by atoms with E-state index in [-0.39, 0.29) is 18.0 Å². The molecule has 0 amide bonds. The molecule has 0 aliphatic heterocycles. The summed E-state index contributed by atoms with van der Waals surface area (Å²) in [5.74, 6) is -0.124. The van der Waals surface area contributed by atoms with Crippen LogP contribution in [-0.2, 0) is 14.3 Å². The zero-order valence-corrected chi connectivity index (χ0v) is 13.2. The molecule has 0 N–H and O–H groups in total. The van der Waals surface area contributed by atoms with Gasteiger partial charge in [-0.1, -0.05) is 42.9 Å². The minimum absolute atomic E-state index is 0.0554. The van der Waals surface area contributed by atoms with Crippen LogP contribution < -0.4 is 0 Å². The molecule has 0 rings (SSSR count). The summed E-state index contributed by atoms with van der Waals surface area (Å²) in [6.07, 6.45) is 10.7. The van der Waals surface area contributed by atoms with Crippen LogP contribution in [0.4, 0.5) is 0 Å². The predicted molar refractivity (Wildman–Crippen MR) is 83.4 cm³/mol. The lowest BCUT2D eigenvalue weighted by Crippen LogP contribution is -2.05. The fourth-order valence-electron chi connectivity index (χ4n) is 1.73. The van der Waals surface area contributed by atoms with E-state index in [0.29, 0.717) is 5.57 Å². The summed E-state index contributed by atoms with van der Waals surface area (Å²) in [4.78, 5) is 11.3. The van der Waals surface area contributed by atoms with Gasteiger partial charge in [0.1, 0.15) is 0 Å². The number of allylic oxidation sites excluding steroid dienone is 4. The SMILES string of the molecule is C=CC[C@@H](/C=C(C)/C=C/[C@@H](C)/C=C(\C)C(=O)OC)OC. The monoisotopic (exact) mass is 278 g/mol. The van der Waals surface area contributed by atoms with Gasteiger partial charge >= 0.3 is 5.97 Å². The highest BCUT2D eigenvalue weighted by Gasteiger charge is 2.04. The molecule has 0 aromatic rings. The van der Waals surface area contributed by atoms with Crippen LogP contribution in [-0.4, -0.2) is 26.3 Å². The van der Waals surface area contributed by atoms with Gasteiger partial charge in [-0.15, -0.1) is 6.58 Å². The number of hydrogen-bond acceptors (Lipinski definition) is 3. The normalized spacial score (nSPS) is 16.1. The molecular weight excluding hydrogens is 252 g/mol. The molecule has 20 heavy (non-hydrogen) atoms. The van der Waals surface area contributed by atoms with Gasteiger partial charge < -0.3 is 9.47 Å². The standard InChI is InChI=1S/C17H26O3/c1-7-8-16(19-5)12-14(3)10-9-13(2)11-15(4)17(18)20-6/h7,9-13,16H,1,8H2,2-6H3/b10-9+,14-12+,15-11+/t13-,16+/m1/s1. The molecule has 0 heterocycles. The second kappa shape index (κ2) is 10.2. The minimum atomic E-state index is -0.289. The summed E-state index contributed by atoms with van der Waals surface area (Å²) in [6, 6.07) is 0. The highest BCUT2D eigenvalue weighted by atomic mass is 16.5. The Labute approximate surface area is 122 Å². The summed E-state index contributed by atoms with van der Waals surface area (Å²) in [5, 5.41) is 0. The first-order valence-electron chi connectivity index (χ1n) is 6.71. The van der Waals surface area contributed by atoms with Crippen LogP contribution in [0.1, 0.15) is 27.2 Å². The van der Waals surface area contributed by atoms with Crippen LogP contribution in [0.2, 0.25) is 0 Å². The Kier molecular flexibility index (Phi) is 9.39. The van der Waals surface area contributed by atoms with Crippen molar-refractivity contribution in [1.29, 1.82) is 0 Å². The van der Waals surface area contributed by atoms with E-state index < -0.39 is 0 Å². The molecule has 0 fully saturated rings. The van der Waals surface area contributed by atoms with Crippen molar-refractivity contribution in [3.8, 4) is 0 Å². The minimum Gasteiger partial charge on any atom is -0.466 e. The maximum atomic E-state index is 11.3. The van der Waals surface area contributed by atoms with Gasteiger partial charge in [0.25, 0.3) is 0 Å². The molecule has 3 heteroatoms. The van der Waals surface area contributed by atoms with Crippen molar-refractivity contribution >= 4 is 5.97 Å². The first-order valence-corrected chi connectivity index (χ1v) is 6.71. The van der Waals surface area contributed by atoms with Gasteiger partial charge in [-0.3, -0.25) is 0 Å². The second-order valence-corrected chi connectivity index (χ2v) is 4.77. The lowest BCUT2D eigenvalue weighted by atomic mass is 10.1. The van der Waals surface area contributed by atoms with E-state index >= 15 is 0 Å². The van der Waals surface area contributed by atoms with Crippen molar-refractivity contribution in [3.05, 3.63) is 48.1 Å². The molecule has 0 aromatic heterocycles. The Hall–Kier alpha value is -1.61. The molecule has 0 saturated carbocycles. The number of carbonyl (C=O) groups is 1. The molecule has 0 radical (unpaired) electrons. The average molecular weight is 278 g/mol. The molecule has 0 saturated heterocycles. The summed E-state index contributed by atoms with van der Waals surface area (Å²) in [5.41, 5.74) is 1.74. The number of ether oxygens (including phenoxy) is 2. The molecule has 3 nitrogen and oxygen atoms in total. The third-order valence-electron chi connectivity index (χ3n) is 2.83. The van der Waals surface area contributed by atoms with E-state index in [4.69, 9.17) is 4.74 Å². The maximum absolute atomic E-state index is 11.3. The Bertz CT molecular complexity index is 402. The van der Waals surface area contributed by atoms with Crippen LogP contribution in [0, 0.1) is 5.92 Å². The van der Waals surface area contributed by atoms with Crippen LogP contribution in [0.3, 0.4) is 0 Å².